The van der Waals surface area contributed by atoms with Gasteiger partial charge in [0.2, 0.25) is 0 Å². The number of aromatic nitrogens is 2. The van der Waals surface area contributed by atoms with E-state index in [2.05, 4.69) is 10.3 Å². The van der Waals surface area contributed by atoms with Crippen LogP contribution in [0.3, 0.4) is 0 Å². The van der Waals surface area contributed by atoms with Gasteiger partial charge in [0, 0.05) is 32.5 Å². The van der Waals surface area contributed by atoms with E-state index in [1.165, 1.54) is 12.8 Å². The van der Waals surface area contributed by atoms with Gasteiger partial charge in [0.05, 0.1) is 0 Å². The first kappa shape index (κ1) is 13.1. The molecule has 2 heterocycles. The average Bonchev–Trinajstić information content (AvgIpc) is 2.82. The Labute approximate surface area is 108 Å². The van der Waals surface area contributed by atoms with E-state index in [0.717, 1.165) is 26.2 Å². The van der Waals surface area contributed by atoms with Gasteiger partial charge >= 0.3 is 0 Å². The molecule has 1 fully saturated rings. The van der Waals surface area contributed by atoms with Crippen LogP contribution in [0.25, 0.3) is 0 Å². The summed E-state index contributed by atoms with van der Waals surface area (Å²) in [5.41, 5.74) is 0. The van der Waals surface area contributed by atoms with Crippen LogP contribution in [0.2, 0.25) is 0 Å². The summed E-state index contributed by atoms with van der Waals surface area (Å²) in [6.07, 6.45) is 5.89. The molecule has 5 heteroatoms. The quantitative estimate of drug-likeness (QED) is 0.863. The SMILES string of the molecule is CCN(CC1CCCNC1)C(=O)c1nccn1C. The third-order valence-corrected chi connectivity index (χ3v) is 3.56. The first-order valence-electron chi connectivity index (χ1n) is 6.69. The van der Waals surface area contributed by atoms with Crippen molar-refractivity contribution < 1.29 is 4.79 Å². The van der Waals surface area contributed by atoms with Crippen LogP contribution in [0.1, 0.15) is 30.4 Å². The average molecular weight is 250 g/mol. The Hall–Kier alpha value is -1.36. The Bertz CT molecular complexity index is 395. The number of hydrogen-bond acceptors (Lipinski definition) is 3. The van der Waals surface area contributed by atoms with E-state index in [1.807, 2.05) is 25.1 Å². The van der Waals surface area contributed by atoms with Crippen LogP contribution in [0.4, 0.5) is 0 Å². The molecule has 1 atom stereocenters. The summed E-state index contributed by atoms with van der Waals surface area (Å²) in [7, 11) is 1.86. The van der Waals surface area contributed by atoms with Crippen molar-refractivity contribution in [2.45, 2.75) is 19.8 Å². The number of hydrogen-bond donors (Lipinski definition) is 1. The molecule has 1 aliphatic heterocycles. The molecule has 1 saturated heterocycles. The molecule has 2 rings (SSSR count). The summed E-state index contributed by atoms with van der Waals surface area (Å²) in [5.74, 6) is 1.14. The summed E-state index contributed by atoms with van der Waals surface area (Å²) in [5, 5.41) is 3.39. The molecule has 1 aromatic rings. The number of carbonyl (C=O) groups is 1. The molecule has 0 aromatic carbocycles. The van der Waals surface area contributed by atoms with Gasteiger partial charge in [-0.15, -0.1) is 0 Å². The van der Waals surface area contributed by atoms with E-state index in [1.54, 1.807) is 10.8 Å². The van der Waals surface area contributed by atoms with Crippen molar-refractivity contribution in [1.29, 1.82) is 0 Å². The molecule has 100 valence electrons. The number of nitrogens with zero attached hydrogens (tertiary/aromatic N) is 3. The van der Waals surface area contributed by atoms with E-state index in [9.17, 15) is 4.79 Å². The Morgan fingerprint density at radius 2 is 2.50 bits per heavy atom. The smallest absolute Gasteiger partial charge is 0.289 e. The number of rotatable bonds is 4. The van der Waals surface area contributed by atoms with Crippen LogP contribution < -0.4 is 5.32 Å². The lowest BCUT2D eigenvalue weighted by molar-refractivity contribution is 0.0713. The highest BCUT2D eigenvalue weighted by Crippen LogP contribution is 2.13. The van der Waals surface area contributed by atoms with Crippen LogP contribution in [0.15, 0.2) is 12.4 Å². The van der Waals surface area contributed by atoms with Crippen molar-refractivity contribution in [1.82, 2.24) is 19.8 Å². The monoisotopic (exact) mass is 250 g/mol. The van der Waals surface area contributed by atoms with Crippen molar-refractivity contribution in [3.05, 3.63) is 18.2 Å². The fraction of sp³-hybridized carbons (Fsp3) is 0.692. The van der Waals surface area contributed by atoms with Gasteiger partial charge in [-0.25, -0.2) is 4.98 Å². The maximum Gasteiger partial charge on any atom is 0.289 e. The molecule has 0 spiro atoms. The number of amides is 1. The number of nitrogens with one attached hydrogen (secondary N) is 1. The Kier molecular flexibility index (Phi) is 4.36. The molecule has 1 aromatic heterocycles. The van der Waals surface area contributed by atoms with Gasteiger partial charge in [0.25, 0.3) is 5.91 Å². The molecular formula is C13H22N4O. The van der Waals surface area contributed by atoms with Gasteiger partial charge in [-0.05, 0) is 38.8 Å². The molecule has 5 nitrogen and oxygen atoms in total. The minimum atomic E-state index is 0.0376. The topological polar surface area (TPSA) is 50.2 Å². The highest BCUT2D eigenvalue weighted by atomic mass is 16.2. The molecule has 1 unspecified atom stereocenters. The van der Waals surface area contributed by atoms with Gasteiger partial charge in [-0.2, -0.15) is 0 Å². The summed E-state index contributed by atoms with van der Waals surface area (Å²) in [4.78, 5) is 18.4. The molecule has 0 saturated carbocycles. The predicted molar refractivity (Wildman–Crippen MR) is 70.4 cm³/mol. The second-order valence-corrected chi connectivity index (χ2v) is 4.92. The lowest BCUT2D eigenvalue weighted by Gasteiger charge is -2.29. The Morgan fingerprint density at radius 1 is 1.67 bits per heavy atom. The van der Waals surface area contributed by atoms with Crippen molar-refractivity contribution in [2.75, 3.05) is 26.2 Å². The van der Waals surface area contributed by atoms with E-state index in [0.29, 0.717) is 11.7 Å². The maximum atomic E-state index is 12.4. The van der Waals surface area contributed by atoms with Crippen molar-refractivity contribution in [3.8, 4) is 0 Å². The van der Waals surface area contributed by atoms with Crippen LogP contribution in [-0.2, 0) is 7.05 Å². The number of imidazole rings is 1. The molecule has 1 aliphatic rings. The third-order valence-electron chi connectivity index (χ3n) is 3.56. The first-order chi connectivity index (χ1) is 8.72. The zero-order valence-electron chi connectivity index (χ0n) is 11.2. The lowest BCUT2D eigenvalue weighted by atomic mass is 9.99. The summed E-state index contributed by atoms with van der Waals surface area (Å²) < 4.78 is 1.78. The fourth-order valence-corrected chi connectivity index (χ4v) is 2.46. The second-order valence-electron chi connectivity index (χ2n) is 4.92. The van der Waals surface area contributed by atoms with Crippen molar-refractivity contribution in [3.63, 3.8) is 0 Å². The zero-order valence-corrected chi connectivity index (χ0v) is 11.2. The standard InChI is InChI=1S/C13H22N4O/c1-3-17(10-11-5-4-6-14-9-11)13(18)12-15-7-8-16(12)2/h7-8,11,14H,3-6,9-10H2,1-2H3. The van der Waals surface area contributed by atoms with Gasteiger partial charge in [0.15, 0.2) is 5.82 Å². The van der Waals surface area contributed by atoms with Crippen molar-refractivity contribution >= 4 is 5.91 Å². The van der Waals surface area contributed by atoms with E-state index in [-0.39, 0.29) is 5.91 Å². The summed E-state index contributed by atoms with van der Waals surface area (Å²) >= 11 is 0. The van der Waals surface area contributed by atoms with Crippen LogP contribution in [0.5, 0.6) is 0 Å². The zero-order chi connectivity index (χ0) is 13.0. The lowest BCUT2D eigenvalue weighted by Crippen LogP contribution is -2.41. The van der Waals surface area contributed by atoms with Gasteiger partial charge in [-0.1, -0.05) is 0 Å². The molecular weight excluding hydrogens is 228 g/mol. The van der Waals surface area contributed by atoms with Gasteiger partial charge in [0.1, 0.15) is 0 Å². The maximum absolute atomic E-state index is 12.4. The molecule has 0 bridgehead atoms. The summed E-state index contributed by atoms with van der Waals surface area (Å²) in [6.45, 7) is 5.72. The van der Waals surface area contributed by atoms with Crippen LogP contribution in [0, 0.1) is 5.92 Å². The number of aryl methyl sites for hydroxylation is 1. The van der Waals surface area contributed by atoms with Gasteiger partial charge in [-0.3, -0.25) is 4.79 Å². The normalized spacial score (nSPS) is 19.8. The minimum Gasteiger partial charge on any atom is -0.336 e. The molecule has 0 aliphatic carbocycles. The molecule has 18 heavy (non-hydrogen) atoms. The van der Waals surface area contributed by atoms with E-state index < -0.39 is 0 Å². The molecule has 0 radical (unpaired) electrons. The third kappa shape index (κ3) is 2.90. The Balaban J connectivity index is 1.99. The van der Waals surface area contributed by atoms with E-state index in [4.69, 9.17) is 0 Å². The van der Waals surface area contributed by atoms with Gasteiger partial charge < -0.3 is 14.8 Å². The Morgan fingerprint density at radius 3 is 3.06 bits per heavy atom. The molecule has 1 amide bonds. The number of carbonyl (C=O) groups excluding carboxylic acids is 1. The predicted octanol–water partition coefficient (Wildman–Crippen LogP) is 0.882. The summed E-state index contributed by atoms with van der Waals surface area (Å²) in [6, 6.07) is 0. The second kappa shape index (κ2) is 6.00. The highest BCUT2D eigenvalue weighted by Gasteiger charge is 2.22. The highest BCUT2D eigenvalue weighted by molar-refractivity contribution is 5.90. The minimum absolute atomic E-state index is 0.0376. The van der Waals surface area contributed by atoms with Crippen LogP contribution >= 0.6 is 0 Å². The fourth-order valence-electron chi connectivity index (χ4n) is 2.46. The number of piperidine rings is 1. The first-order valence-corrected chi connectivity index (χ1v) is 6.69. The van der Waals surface area contributed by atoms with Crippen molar-refractivity contribution in [2.24, 2.45) is 13.0 Å². The van der Waals surface area contributed by atoms with E-state index >= 15 is 0 Å². The van der Waals surface area contributed by atoms with Crippen LogP contribution in [-0.4, -0.2) is 46.5 Å². The largest absolute Gasteiger partial charge is 0.336 e. The molecule has 1 N–H and O–H groups in total.